The zero-order valence-electron chi connectivity index (χ0n) is 17.3. The summed E-state index contributed by atoms with van der Waals surface area (Å²) in [7, 11) is 0. The summed E-state index contributed by atoms with van der Waals surface area (Å²) in [5, 5.41) is 12.2. The molecular formula is C24H34O4. The van der Waals surface area contributed by atoms with Gasteiger partial charge in [0.05, 0.1) is 12.2 Å². The van der Waals surface area contributed by atoms with E-state index in [1.54, 1.807) is 6.08 Å². The molecule has 1 unspecified atom stereocenters. The van der Waals surface area contributed by atoms with Gasteiger partial charge in [0.15, 0.2) is 0 Å². The van der Waals surface area contributed by atoms with Crippen LogP contribution in [0.2, 0.25) is 0 Å². The molecule has 4 saturated carbocycles. The number of carbonyl (C=O) groups is 2. The fourth-order valence-corrected chi connectivity index (χ4v) is 8.47. The zero-order valence-corrected chi connectivity index (χ0v) is 17.3. The molecule has 4 heteroatoms. The minimum Gasteiger partial charge on any atom is -0.462 e. The van der Waals surface area contributed by atoms with Gasteiger partial charge in [-0.25, -0.2) is 4.79 Å². The maximum Gasteiger partial charge on any atom is 0.330 e. The molecule has 4 fully saturated rings. The SMILES string of the molecule is C[C@]12CCC(=O)C[C@H]1CC[C@@H]1[C@@H]2CC[C@]2(C)[C@@H](C3C=CC(=O)OC3)CC[C@]12O. The van der Waals surface area contributed by atoms with Gasteiger partial charge in [0.2, 0.25) is 0 Å². The molecule has 1 heterocycles. The Kier molecular flexibility index (Phi) is 4.15. The zero-order chi connectivity index (χ0) is 19.7. The lowest BCUT2D eigenvalue weighted by Crippen LogP contribution is -2.62. The molecule has 0 aromatic heterocycles. The van der Waals surface area contributed by atoms with Crippen molar-refractivity contribution in [3.05, 3.63) is 12.2 Å². The molecule has 1 N–H and O–H groups in total. The molecule has 0 spiro atoms. The standard InChI is InChI=1S/C24H34O4/c1-22-10-7-17(25)13-16(22)4-5-20-19(22)8-11-23(2)18(9-12-24(20,23)27)15-3-6-21(26)28-14-15/h3,6,15-16,18-20,27H,4-5,7-14H2,1-2H3/t15?,16-,18-,19+,20-,22+,23-,24+/m1/s1. The second kappa shape index (κ2) is 6.17. The summed E-state index contributed by atoms with van der Waals surface area (Å²) in [6, 6.07) is 0. The molecule has 0 bridgehead atoms. The molecule has 0 amide bonds. The molecule has 28 heavy (non-hydrogen) atoms. The van der Waals surface area contributed by atoms with Crippen molar-refractivity contribution in [2.45, 2.75) is 77.2 Å². The van der Waals surface area contributed by atoms with Crippen LogP contribution in [-0.2, 0) is 14.3 Å². The Balaban J connectivity index is 1.45. The van der Waals surface area contributed by atoms with Gasteiger partial charge in [-0.05, 0) is 74.0 Å². The van der Waals surface area contributed by atoms with Crippen LogP contribution in [0.5, 0.6) is 0 Å². The van der Waals surface area contributed by atoms with Crippen LogP contribution >= 0.6 is 0 Å². The third-order valence-electron chi connectivity index (χ3n) is 10.2. The summed E-state index contributed by atoms with van der Waals surface area (Å²) >= 11 is 0. The Morgan fingerprint density at radius 3 is 2.54 bits per heavy atom. The van der Waals surface area contributed by atoms with E-state index < -0.39 is 5.60 Å². The number of rotatable bonds is 1. The average molecular weight is 387 g/mol. The number of hydrogen-bond donors (Lipinski definition) is 1. The van der Waals surface area contributed by atoms with Crippen molar-refractivity contribution in [3.8, 4) is 0 Å². The minimum atomic E-state index is -0.620. The quantitative estimate of drug-likeness (QED) is 0.690. The second-order valence-electron chi connectivity index (χ2n) is 10.9. The smallest absolute Gasteiger partial charge is 0.330 e. The van der Waals surface area contributed by atoms with Crippen LogP contribution in [0.1, 0.15) is 71.6 Å². The highest BCUT2D eigenvalue weighted by atomic mass is 16.5. The first-order valence-corrected chi connectivity index (χ1v) is 11.4. The fraction of sp³-hybridized carbons (Fsp3) is 0.833. The molecule has 5 rings (SSSR count). The number of Topliss-reactive ketones (excluding diaryl/α,β-unsaturated/α-hetero) is 1. The molecule has 0 radical (unpaired) electrons. The summed E-state index contributed by atoms with van der Waals surface area (Å²) < 4.78 is 5.32. The molecular weight excluding hydrogens is 352 g/mol. The lowest BCUT2D eigenvalue weighted by atomic mass is 9.43. The van der Waals surface area contributed by atoms with Crippen molar-refractivity contribution >= 4 is 11.8 Å². The van der Waals surface area contributed by atoms with E-state index in [0.29, 0.717) is 36.1 Å². The van der Waals surface area contributed by atoms with Crippen LogP contribution in [0.25, 0.3) is 0 Å². The van der Waals surface area contributed by atoms with Crippen LogP contribution in [0, 0.1) is 40.4 Å². The minimum absolute atomic E-state index is 0.111. The predicted octanol–water partition coefficient (Wildman–Crippen LogP) is 4.06. The predicted molar refractivity (Wildman–Crippen MR) is 105 cm³/mol. The van der Waals surface area contributed by atoms with E-state index in [-0.39, 0.29) is 22.7 Å². The van der Waals surface area contributed by atoms with E-state index >= 15 is 0 Å². The first kappa shape index (κ1) is 18.8. The first-order chi connectivity index (χ1) is 13.3. The van der Waals surface area contributed by atoms with E-state index in [2.05, 4.69) is 13.8 Å². The van der Waals surface area contributed by atoms with Crippen LogP contribution in [0.4, 0.5) is 0 Å². The number of ether oxygens (including phenoxy) is 1. The van der Waals surface area contributed by atoms with Gasteiger partial charge in [-0.15, -0.1) is 0 Å². The Morgan fingerprint density at radius 1 is 1.00 bits per heavy atom. The highest BCUT2D eigenvalue weighted by Gasteiger charge is 2.67. The van der Waals surface area contributed by atoms with E-state index in [4.69, 9.17) is 4.74 Å². The Labute approximate surface area is 168 Å². The van der Waals surface area contributed by atoms with Crippen LogP contribution in [0.15, 0.2) is 12.2 Å². The molecule has 0 aromatic rings. The molecule has 4 aliphatic carbocycles. The second-order valence-corrected chi connectivity index (χ2v) is 10.9. The van der Waals surface area contributed by atoms with Crippen molar-refractivity contribution in [1.82, 2.24) is 0 Å². The molecule has 0 aromatic carbocycles. The summed E-state index contributed by atoms with van der Waals surface area (Å²) in [5.74, 6) is 2.21. The maximum absolute atomic E-state index is 12.2. The largest absolute Gasteiger partial charge is 0.462 e. The Morgan fingerprint density at radius 2 is 1.79 bits per heavy atom. The number of ketones is 1. The average Bonchev–Trinajstić information content (AvgIpc) is 2.95. The van der Waals surface area contributed by atoms with E-state index in [9.17, 15) is 14.7 Å². The van der Waals surface area contributed by atoms with E-state index in [0.717, 1.165) is 57.8 Å². The molecule has 5 aliphatic rings. The van der Waals surface area contributed by atoms with Gasteiger partial charge >= 0.3 is 5.97 Å². The van der Waals surface area contributed by atoms with Crippen molar-refractivity contribution in [2.75, 3.05) is 6.61 Å². The maximum atomic E-state index is 12.2. The van der Waals surface area contributed by atoms with Gasteiger partial charge < -0.3 is 9.84 Å². The van der Waals surface area contributed by atoms with E-state index in [1.807, 2.05) is 6.08 Å². The first-order valence-electron chi connectivity index (χ1n) is 11.4. The van der Waals surface area contributed by atoms with Crippen molar-refractivity contribution in [1.29, 1.82) is 0 Å². The number of esters is 1. The number of aliphatic hydroxyl groups is 1. The number of carbonyl (C=O) groups excluding carboxylic acids is 2. The lowest BCUT2D eigenvalue weighted by molar-refractivity contribution is -0.208. The molecule has 154 valence electrons. The molecule has 1 aliphatic heterocycles. The van der Waals surface area contributed by atoms with Crippen LogP contribution in [0.3, 0.4) is 0 Å². The number of fused-ring (bicyclic) bond motifs is 5. The van der Waals surface area contributed by atoms with Gasteiger partial charge in [-0.2, -0.15) is 0 Å². The summed E-state index contributed by atoms with van der Waals surface area (Å²) in [4.78, 5) is 23.5. The Bertz CT molecular complexity index is 728. The van der Waals surface area contributed by atoms with Gasteiger partial charge in [0, 0.05) is 30.3 Å². The normalized spacial score (nSPS) is 53.2. The van der Waals surface area contributed by atoms with Crippen molar-refractivity contribution < 1.29 is 19.4 Å². The summed E-state index contributed by atoms with van der Waals surface area (Å²) in [6.45, 7) is 5.19. The fourth-order valence-electron chi connectivity index (χ4n) is 8.47. The van der Waals surface area contributed by atoms with Gasteiger partial charge in [-0.1, -0.05) is 19.9 Å². The van der Waals surface area contributed by atoms with Crippen LogP contribution < -0.4 is 0 Å². The third-order valence-corrected chi connectivity index (χ3v) is 10.2. The molecule has 0 saturated heterocycles. The lowest BCUT2D eigenvalue weighted by Gasteiger charge is -2.63. The topological polar surface area (TPSA) is 63.6 Å². The summed E-state index contributed by atoms with van der Waals surface area (Å²) in [5.41, 5.74) is -0.516. The molecule has 4 nitrogen and oxygen atoms in total. The van der Waals surface area contributed by atoms with Crippen molar-refractivity contribution in [2.24, 2.45) is 40.4 Å². The van der Waals surface area contributed by atoms with Crippen LogP contribution in [-0.4, -0.2) is 29.1 Å². The molecule has 8 atom stereocenters. The van der Waals surface area contributed by atoms with Gasteiger partial charge in [0.25, 0.3) is 0 Å². The summed E-state index contributed by atoms with van der Waals surface area (Å²) in [6.07, 6.45) is 12.4. The third kappa shape index (κ3) is 2.39. The number of cyclic esters (lactones) is 1. The highest BCUT2D eigenvalue weighted by molar-refractivity contribution is 5.82. The highest BCUT2D eigenvalue weighted by Crippen LogP contribution is 2.69. The Hall–Kier alpha value is -1.16. The van der Waals surface area contributed by atoms with Gasteiger partial charge in [0.1, 0.15) is 5.78 Å². The number of hydrogen-bond acceptors (Lipinski definition) is 4. The van der Waals surface area contributed by atoms with Gasteiger partial charge in [-0.3, -0.25) is 4.79 Å². The monoisotopic (exact) mass is 386 g/mol. The van der Waals surface area contributed by atoms with E-state index in [1.165, 1.54) is 0 Å². The van der Waals surface area contributed by atoms with Crippen molar-refractivity contribution in [3.63, 3.8) is 0 Å².